The van der Waals surface area contributed by atoms with E-state index in [1.54, 1.807) is 0 Å². The van der Waals surface area contributed by atoms with Gasteiger partial charge in [-0.15, -0.1) is 11.8 Å². The van der Waals surface area contributed by atoms with Crippen molar-refractivity contribution in [2.24, 2.45) is 0 Å². The van der Waals surface area contributed by atoms with Crippen LogP contribution in [0, 0.1) is 0 Å². The lowest BCUT2D eigenvalue weighted by molar-refractivity contribution is 0.522. The molecule has 0 spiro atoms. The molecule has 0 atom stereocenters. The van der Waals surface area contributed by atoms with E-state index in [1.165, 1.54) is 29.5 Å². The fourth-order valence-electron chi connectivity index (χ4n) is 1.85. The molecule has 1 aromatic heterocycles. The minimum atomic E-state index is 0.843. The zero-order valence-electron chi connectivity index (χ0n) is 8.52. The van der Waals surface area contributed by atoms with E-state index in [2.05, 4.69) is 29.2 Å². The van der Waals surface area contributed by atoms with Crippen molar-refractivity contribution in [1.29, 1.82) is 0 Å². The van der Waals surface area contributed by atoms with Crippen molar-refractivity contribution in [3.8, 4) is 0 Å². The third kappa shape index (κ3) is 1.74. The Bertz CT molecular complexity index is 471. The number of aromatic nitrogens is 1. The SMILES string of the molecule is c1cc(SC2CCC2)c2cccnc2c1. The van der Waals surface area contributed by atoms with Crippen molar-refractivity contribution in [3.05, 3.63) is 36.5 Å². The van der Waals surface area contributed by atoms with Gasteiger partial charge in [-0.3, -0.25) is 4.98 Å². The van der Waals surface area contributed by atoms with Gasteiger partial charge < -0.3 is 0 Å². The maximum Gasteiger partial charge on any atom is 0.0713 e. The highest BCUT2D eigenvalue weighted by Crippen LogP contribution is 2.38. The Labute approximate surface area is 93.9 Å². The number of nitrogens with zero attached hydrogens (tertiary/aromatic N) is 1. The molecule has 1 fully saturated rings. The molecule has 3 rings (SSSR count). The molecule has 1 aliphatic rings. The highest BCUT2D eigenvalue weighted by atomic mass is 32.2. The fourth-order valence-corrected chi connectivity index (χ4v) is 3.23. The maximum absolute atomic E-state index is 4.38. The van der Waals surface area contributed by atoms with E-state index in [0.717, 1.165) is 10.8 Å². The molecule has 0 bridgehead atoms. The Balaban J connectivity index is 2.01. The summed E-state index contributed by atoms with van der Waals surface area (Å²) < 4.78 is 0. The topological polar surface area (TPSA) is 12.9 Å². The zero-order valence-corrected chi connectivity index (χ0v) is 9.33. The molecule has 0 unspecified atom stereocenters. The third-order valence-corrected chi connectivity index (χ3v) is 4.37. The van der Waals surface area contributed by atoms with Crippen LogP contribution in [0.25, 0.3) is 10.9 Å². The van der Waals surface area contributed by atoms with Crippen LogP contribution in [0.5, 0.6) is 0 Å². The molecule has 0 amide bonds. The highest BCUT2D eigenvalue weighted by Gasteiger charge is 2.19. The van der Waals surface area contributed by atoms with Crippen LogP contribution in [0.1, 0.15) is 19.3 Å². The fraction of sp³-hybridized carbons (Fsp3) is 0.308. The van der Waals surface area contributed by atoms with Crippen molar-refractivity contribution in [2.45, 2.75) is 29.4 Å². The molecule has 1 heterocycles. The molecule has 0 saturated heterocycles. The molecule has 0 radical (unpaired) electrons. The van der Waals surface area contributed by atoms with Crippen molar-refractivity contribution in [3.63, 3.8) is 0 Å². The molecule has 0 N–H and O–H groups in total. The molecule has 15 heavy (non-hydrogen) atoms. The van der Waals surface area contributed by atoms with Gasteiger partial charge in [0.05, 0.1) is 5.52 Å². The minimum absolute atomic E-state index is 0.843. The van der Waals surface area contributed by atoms with Gasteiger partial charge in [0, 0.05) is 21.7 Å². The lowest BCUT2D eigenvalue weighted by Gasteiger charge is -2.24. The van der Waals surface area contributed by atoms with Crippen LogP contribution in [0.3, 0.4) is 0 Å². The first-order valence-corrected chi connectivity index (χ1v) is 6.32. The average molecular weight is 215 g/mol. The van der Waals surface area contributed by atoms with Crippen molar-refractivity contribution in [1.82, 2.24) is 4.98 Å². The molecule has 76 valence electrons. The van der Waals surface area contributed by atoms with E-state index in [-0.39, 0.29) is 0 Å². The number of fused-ring (bicyclic) bond motifs is 1. The van der Waals surface area contributed by atoms with Crippen LogP contribution in [0.4, 0.5) is 0 Å². The molecule has 1 saturated carbocycles. The van der Waals surface area contributed by atoms with E-state index in [9.17, 15) is 0 Å². The standard InChI is InChI=1S/C13H13NS/c1-4-10(5-1)15-13-8-2-7-12-11(13)6-3-9-14-12/h2-3,6-10H,1,4-5H2. The van der Waals surface area contributed by atoms with Gasteiger partial charge in [-0.25, -0.2) is 0 Å². The van der Waals surface area contributed by atoms with Gasteiger partial charge >= 0.3 is 0 Å². The second kappa shape index (κ2) is 3.86. The van der Waals surface area contributed by atoms with E-state index in [4.69, 9.17) is 0 Å². The molecule has 1 aromatic carbocycles. The summed E-state index contributed by atoms with van der Waals surface area (Å²) in [5.74, 6) is 0. The number of thioether (sulfide) groups is 1. The first-order valence-electron chi connectivity index (χ1n) is 5.44. The second-order valence-electron chi connectivity index (χ2n) is 4.00. The Kier molecular flexibility index (Phi) is 2.37. The smallest absolute Gasteiger partial charge is 0.0713 e. The molecule has 2 aromatic rings. The predicted molar refractivity (Wildman–Crippen MR) is 65.2 cm³/mol. The Morgan fingerprint density at radius 1 is 1.13 bits per heavy atom. The number of hydrogen-bond acceptors (Lipinski definition) is 2. The lowest BCUT2D eigenvalue weighted by Crippen LogP contribution is -2.12. The zero-order chi connectivity index (χ0) is 10.1. The highest BCUT2D eigenvalue weighted by molar-refractivity contribution is 8.00. The van der Waals surface area contributed by atoms with Crippen LogP contribution >= 0.6 is 11.8 Å². The average Bonchev–Trinajstić information content (AvgIpc) is 2.23. The van der Waals surface area contributed by atoms with Crippen LogP contribution in [-0.2, 0) is 0 Å². The summed E-state index contributed by atoms with van der Waals surface area (Å²) >= 11 is 2.02. The molecule has 2 heteroatoms. The summed E-state index contributed by atoms with van der Waals surface area (Å²) in [4.78, 5) is 5.77. The summed E-state index contributed by atoms with van der Waals surface area (Å²) in [6, 6.07) is 10.6. The molecule has 0 aliphatic heterocycles. The van der Waals surface area contributed by atoms with Crippen LogP contribution < -0.4 is 0 Å². The number of hydrogen-bond donors (Lipinski definition) is 0. The Morgan fingerprint density at radius 3 is 2.87 bits per heavy atom. The van der Waals surface area contributed by atoms with Gasteiger partial charge in [0.25, 0.3) is 0 Å². The number of rotatable bonds is 2. The van der Waals surface area contributed by atoms with E-state index in [1.807, 2.05) is 24.0 Å². The summed E-state index contributed by atoms with van der Waals surface area (Å²) in [6.45, 7) is 0. The van der Waals surface area contributed by atoms with Crippen molar-refractivity contribution >= 4 is 22.7 Å². The monoisotopic (exact) mass is 215 g/mol. The number of pyridine rings is 1. The quantitative estimate of drug-likeness (QED) is 0.754. The van der Waals surface area contributed by atoms with Gasteiger partial charge in [0.1, 0.15) is 0 Å². The Hall–Kier alpha value is -1.02. The first kappa shape index (κ1) is 9.22. The molecule has 1 nitrogen and oxygen atoms in total. The van der Waals surface area contributed by atoms with Gasteiger partial charge in [0.2, 0.25) is 0 Å². The molecule has 1 aliphatic carbocycles. The Morgan fingerprint density at radius 2 is 2.07 bits per heavy atom. The maximum atomic E-state index is 4.38. The second-order valence-corrected chi connectivity index (χ2v) is 5.34. The van der Waals surface area contributed by atoms with Gasteiger partial charge in [-0.05, 0) is 31.0 Å². The number of benzene rings is 1. The largest absolute Gasteiger partial charge is 0.256 e. The minimum Gasteiger partial charge on any atom is -0.256 e. The lowest BCUT2D eigenvalue weighted by atomic mass is 10.00. The van der Waals surface area contributed by atoms with E-state index < -0.39 is 0 Å². The molecular formula is C13H13NS. The van der Waals surface area contributed by atoms with Crippen LogP contribution in [0.2, 0.25) is 0 Å². The third-order valence-electron chi connectivity index (χ3n) is 2.95. The first-order chi connectivity index (χ1) is 7.43. The van der Waals surface area contributed by atoms with Gasteiger partial charge in [-0.2, -0.15) is 0 Å². The summed E-state index contributed by atoms with van der Waals surface area (Å²) in [5.41, 5.74) is 1.11. The van der Waals surface area contributed by atoms with Crippen LogP contribution in [0.15, 0.2) is 41.4 Å². The van der Waals surface area contributed by atoms with Gasteiger partial charge in [0.15, 0.2) is 0 Å². The summed E-state index contributed by atoms with van der Waals surface area (Å²) in [7, 11) is 0. The summed E-state index contributed by atoms with van der Waals surface area (Å²) in [6.07, 6.45) is 6.02. The van der Waals surface area contributed by atoms with Crippen molar-refractivity contribution < 1.29 is 0 Å². The normalized spacial score (nSPS) is 16.5. The van der Waals surface area contributed by atoms with E-state index >= 15 is 0 Å². The van der Waals surface area contributed by atoms with Gasteiger partial charge in [-0.1, -0.05) is 18.6 Å². The van der Waals surface area contributed by atoms with E-state index in [0.29, 0.717) is 0 Å². The summed E-state index contributed by atoms with van der Waals surface area (Å²) in [5, 5.41) is 2.15. The van der Waals surface area contributed by atoms with Crippen LogP contribution in [-0.4, -0.2) is 10.2 Å². The predicted octanol–water partition coefficient (Wildman–Crippen LogP) is 3.88. The van der Waals surface area contributed by atoms with Crippen molar-refractivity contribution in [2.75, 3.05) is 0 Å². The molecular weight excluding hydrogens is 202 g/mol.